The van der Waals surface area contributed by atoms with Gasteiger partial charge in [-0.2, -0.15) is 5.26 Å². The van der Waals surface area contributed by atoms with Crippen LogP contribution in [0.2, 0.25) is 0 Å². The molecule has 0 fully saturated rings. The third-order valence-corrected chi connectivity index (χ3v) is 5.37. The molecule has 0 N–H and O–H groups in total. The highest BCUT2D eigenvalue weighted by Gasteiger charge is 2.30. The molecule has 0 bridgehead atoms. The number of nitrogens with zero attached hydrogens (tertiary/aromatic N) is 2. The van der Waals surface area contributed by atoms with Crippen LogP contribution >= 0.6 is 11.3 Å². The van der Waals surface area contributed by atoms with Gasteiger partial charge in [0, 0.05) is 11.4 Å². The number of fused-ring (bicyclic) bond motifs is 1. The Bertz CT molecular complexity index is 745. The maximum Gasteiger partial charge on any atom is 0.261 e. The molecule has 0 saturated carbocycles. The zero-order chi connectivity index (χ0) is 16.9. The number of hydrogen-bond acceptors (Lipinski definition) is 4. The van der Waals surface area contributed by atoms with Gasteiger partial charge in [0.1, 0.15) is 5.75 Å². The van der Waals surface area contributed by atoms with E-state index in [0.29, 0.717) is 12.2 Å². The summed E-state index contributed by atoms with van der Waals surface area (Å²) < 4.78 is 5.64. The number of nitriles is 1. The van der Waals surface area contributed by atoms with Crippen LogP contribution in [0.3, 0.4) is 0 Å². The van der Waals surface area contributed by atoms with E-state index in [2.05, 4.69) is 24.4 Å². The summed E-state index contributed by atoms with van der Waals surface area (Å²) in [5, 5.41) is 10.8. The fourth-order valence-electron chi connectivity index (χ4n) is 3.16. The van der Waals surface area contributed by atoms with Crippen molar-refractivity contribution in [3.05, 3.63) is 51.7 Å². The highest BCUT2D eigenvalue weighted by molar-refractivity contribution is 7.10. The van der Waals surface area contributed by atoms with Gasteiger partial charge < -0.3 is 9.64 Å². The third kappa shape index (κ3) is 3.44. The Labute approximate surface area is 146 Å². The topological polar surface area (TPSA) is 53.3 Å². The Balaban J connectivity index is 1.62. The molecule has 2 aromatic rings. The molecule has 1 aromatic heterocycles. The van der Waals surface area contributed by atoms with Crippen LogP contribution in [0, 0.1) is 11.3 Å². The lowest BCUT2D eigenvalue weighted by atomic mass is 9.98. The number of rotatable bonds is 5. The van der Waals surface area contributed by atoms with Crippen molar-refractivity contribution in [2.75, 3.05) is 13.2 Å². The van der Waals surface area contributed by atoms with Crippen molar-refractivity contribution in [3.8, 4) is 11.8 Å². The molecule has 1 unspecified atom stereocenters. The summed E-state index contributed by atoms with van der Waals surface area (Å²) in [7, 11) is 0. The minimum Gasteiger partial charge on any atom is -0.484 e. The van der Waals surface area contributed by atoms with Crippen LogP contribution in [-0.4, -0.2) is 24.0 Å². The van der Waals surface area contributed by atoms with Crippen LogP contribution in [0.25, 0.3) is 0 Å². The summed E-state index contributed by atoms with van der Waals surface area (Å²) in [6.45, 7) is 2.93. The maximum absolute atomic E-state index is 12.6. The van der Waals surface area contributed by atoms with Crippen LogP contribution in [0.15, 0.2) is 35.7 Å². The van der Waals surface area contributed by atoms with Crippen molar-refractivity contribution in [2.45, 2.75) is 32.2 Å². The van der Waals surface area contributed by atoms with Gasteiger partial charge in [0.15, 0.2) is 6.61 Å². The first-order chi connectivity index (χ1) is 11.7. The number of benzene rings is 1. The molecule has 2 heterocycles. The van der Waals surface area contributed by atoms with E-state index in [4.69, 9.17) is 10.00 Å². The lowest BCUT2D eigenvalue weighted by molar-refractivity contribution is -0.136. The first-order valence-electron chi connectivity index (χ1n) is 8.17. The Morgan fingerprint density at radius 3 is 2.88 bits per heavy atom. The molecule has 4 nitrogen and oxygen atoms in total. The van der Waals surface area contributed by atoms with Crippen LogP contribution < -0.4 is 4.74 Å². The van der Waals surface area contributed by atoms with Crippen LogP contribution in [0.4, 0.5) is 0 Å². The third-order valence-electron chi connectivity index (χ3n) is 4.37. The van der Waals surface area contributed by atoms with E-state index >= 15 is 0 Å². The lowest BCUT2D eigenvalue weighted by Gasteiger charge is -2.35. The quantitative estimate of drug-likeness (QED) is 0.833. The smallest absolute Gasteiger partial charge is 0.261 e. The highest BCUT2D eigenvalue weighted by Crippen LogP contribution is 2.35. The molecule has 24 heavy (non-hydrogen) atoms. The predicted octanol–water partition coefficient (Wildman–Crippen LogP) is 3.73. The van der Waals surface area contributed by atoms with E-state index in [1.165, 1.54) is 10.4 Å². The summed E-state index contributed by atoms with van der Waals surface area (Å²) in [5.74, 6) is 0.686. The van der Waals surface area contributed by atoms with Gasteiger partial charge in [0.2, 0.25) is 0 Å². The molecule has 1 atom stereocenters. The highest BCUT2D eigenvalue weighted by atomic mass is 32.1. The van der Waals surface area contributed by atoms with E-state index < -0.39 is 0 Å². The number of carbonyl (C=O) groups excluding carboxylic acids is 1. The second kappa shape index (κ2) is 7.50. The van der Waals surface area contributed by atoms with Crippen molar-refractivity contribution < 1.29 is 9.53 Å². The van der Waals surface area contributed by atoms with E-state index in [0.717, 1.165) is 24.9 Å². The number of amides is 1. The van der Waals surface area contributed by atoms with Gasteiger partial charge in [-0.1, -0.05) is 19.1 Å². The molecule has 5 heteroatoms. The number of ether oxygens (including phenoxy) is 1. The summed E-state index contributed by atoms with van der Waals surface area (Å²) >= 11 is 1.78. The van der Waals surface area contributed by atoms with E-state index in [1.54, 1.807) is 11.3 Å². The minimum atomic E-state index is 0.0276. The Morgan fingerprint density at radius 2 is 2.17 bits per heavy atom. The molecule has 0 aliphatic carbocycles. The molecular formula is C19H20N2O2S. The summed E-state index contributed by atoms with van der Waals surface area (Å²) in [5.41, 5.74) is 2.24. The molecule has 1 aliphatic rings. The second-order valence-electron chi connectivity index (χ2n) is 5.83. The molecule has 124 valence electrons. The largest absolute Gasteiger partial charge is 0.484 e. The molecule has 1 aromatic carbocycles. The van der Waals surface area contributed by atoms with Crippen molar-refractivity contribution in [1.29, 1.82) is 5.26 Å². The standard InChI is InChI=1S/C19H20N2O2S/c1-2-17-16-9-12-24-18(16)8-11-21(17)19(22)13-23-15-5-3-14(4-6-15)7-10-20/h3-6,9,12,17H,2,7-8,11,13H2,1H3. The number of carbonyl (C=O) groups is 1. The van der Waals surface area contributed by atoms with E-state index in [1.807, 2.05) is 29.2 Å². The summed E-state index contributed by atoms with van der Waals surface area (Å²) in [6.07, 6.45) is 2.23. The first-order valence-corrected chi connectivity index (χ1v) is 9.05. The zero-order valence-electron chi connectivity index (χ0n) is 13.7. The van der Waals surface area contributed by atoms with Crippen molar-refractivity contribution in [1.82, 2.24) is 4.90 Å². The lowest BCUT2D eigenvalue weighted by Crippen LogP contribution is -2.41. The molecular weight excluding hydrogens is 320 g/mol. The van der Waals surface area contributed by atoms with Crippen molar-refractivity contribution in [3.63, 3.8) is 0 Å². The Hall–Kier alpha value is -2.32. The van der Waals surface area contributed by atoms with Gasteiger partial charge in [0.05, 0.1) is 18.5 Å². The van der Waals surface area contributed by atoms with Gasteiger partial charge in [-0.15, -0.1) is 11.3 Å². The van der Waals surface area contributed by atoms with Gasteiger partial charge in [-0.3, -0.25) is 4.79 Å². The average Bonchev–Trinajstić information content (AvgIpc) is 3.09. The number of hydrogen-bond donors (Lipinski definition) is 0. The molecule has 3 rings (SSSR count). The van der Waals surface area contributed by atoms with Crippen LogP contribution in [0.1, 0.15) is 35.4 Å². The fraction of sp³-hybridized carbons (Fsp3) is 0.368. The second-order valence-corrected chi connectivity index (χ2v) is 6.83. The van der Waals surface area contributed by atoms with Gasteiger partial charge in [-0.25, -0.2) is 0 Å². The molecule has 0 spiro atoms. The van der Waals surface area contributed by atoms with Gasteiger partial charge >= 0.3 is 0 Å². The molecule has 0 saturated heterocycles. The maximum atomic E-state index is 12.6. The first kappa shape index (κ1) is 16.5. The van der Waals surface area contributed by atoms with Crippen LogP contribution in [0.5, 0.6) is 5.75 Å². The predicted molar refractivity (Wildman–Crippen MR) is 94.0 cm³/mol. The van der Waals surface area contributed by atoms with E-state index in [9.17, 15) is 4.79 Å². The normalized spacial score (nSPS) is 16.3. The summed E-state index contributed by atoms with van der Waals surface area (Å²) in [4.78, 5) is 15.9. The van der Waals surface area contributed by atoms with Gasteiger partial charge in [-0.05, 0) is 47.5 Å². The zero-order valence-corrected chi connectivity index (χ0v) is 14.5. The minimum absolute atomic E-state index is 0.0276. The van der Waals surface area contributed by atoms with Crippen molar-refractivity contribution >= 4 is 17.2 Å². The number of thiophene rings is 1. The average molecular weight is 340 g/mol. The Morgan fingerprint density at radius 1 is 1.38 bits per heavy atom. The SMILES string of the molecule is CCC1c2ccsc2CCN1C(=O)COc1ccc(CC#N)cc1. The fourth-order valence-corrected chi connectivity index (χ4v) is 4.09. The van der Waals surface area contributed by atoms with Crippen LogP contribution in [-0.2, 0) is 17.6 Å². The molecule has 1 amide bonds. The van der Waals surface area contributed by atoms with Crippen molar-refractivity contribution in [2.24, 2.45) is 0 Å². The Kier molecular flexibility index (Phi) is 5.17. The monoisotopic (exact) mass is 340 g/mol. The van der Waals surface area contributed by atoms with Gasteiger partial charge in [0.25, 0.3) is 5.91 Å². The molecule has 1 aliphatic heterocycles. The summed E-state index contributed by atoms with van der Waals surface area (Å²) in [6, 6.07) is 11.8. The molecule has 0 radical (unpaired) electrons. The van der Waals surface area contributed by atoms with E-state index in [-0.39, 0.29) is 18.6 Å².